The van der Waals surface area contributed by atoms with Gasteiger partial charge in [-0.15, -0.1) is 0 Å². The molecule has 2 aromatic carbocycles. The molecule has 0 radical (unpaired) electrons. The third-order valence-corrected chi connectivity index (χ3v) is 5.32. The van der Waals surface area contributed by atoms with Crippen molar-refractivity contribution >= 4 is 16.8 Å². The van der Waals surface area contributed by atoms with Crippen LogP contribution in [0.1, 0.15) is 42.2 Å². The summed E-state index contributed by atoms with van der Waals surface area (Å²) in [6, 6.07) is 14.6. The van der Waals surface area contributed by atoms with Gasteiger partial charge in [0.25, 0.3) is 5.91 Å². The normalized spacial score (nSPS) is 20.4. The van der Waals surface area contributed by atoms with Gasteiger partial charge >= 0.3 is 0 Å². The van der Waals surface area contributed by atoms with E-state index in [9.17, 15) is 9.18 Å². The van der Waals surface area contributed by atoms with E-state index in [1.165, 1.54) is 12.1 Å². The molecule has 0 bridgehead atoms. The van der Waals surface area contributed by atoms with Gasteiger partial charge in [0.15, 0.2) is 0 Å². The van der Waals surface area contributed by atoms with Crippen LogP contribution in [0.3, 0.4) is 0 Å². The van der Waals surface area contributed by atoms with E-state index in [1.807, 2.05) is 18.2 Å². The van der Waals surface area contributed by atoms with Crippen molar-refractivity contribution < 1.29 is 9.18 Å². The molecule has 0 saturated heterocycles. The molecule has 4 rings (SSSR count). The number of benzene rings is 2. The zero-order valence-corrected chi connectivity index (χ0v) is 14.5. The number of nitrogens with two attached hydrogens (primary N) is 2. The first-order valence-electron chi connectivity index (χ1n) is 8.99. The van der Waals surface area contributed by atoms with Crippen LogP contribution in [-0.2, 0) is 0 Å². The molecule has 1 amide bonds. The third-order valence-electron chi connectivity index (χ3n) is 5.32. The number of carbonyl (C=O) groups excluding carboxylic acids is 1. The number of rotatable bonds is 3. The van der Waals surface area contributed by atoms with Crippen molar-refractivity contribution in [3.05, 3.63) is 60.0 Å². The number of nitrogens with zero attached hydrogens (tertiary/aromatic N) is 1. The van der Waals surface area contributed by atoms with E-state index in [0.717, 1.165) is 47.7 Å². The Labute approximate surface area is 151 Å². The molecular formula is C21H22FN3O. The topological polar surface area (TPSA) is 74.0 Å². The number of halogens is 1. The van der Waals surface area contributed by atoms with E-state index in [1.54, 1.807) is 12.1 Å². The number of carbonyl (C=O) groups is 1. The molecule has 134 valence electrons. The highest BCUT2D eigenvalue weighted by molar-refractivity contribution is 5.99. The van der Waals surface area contributed by atoms with Crippen molar-refractivity contribution in [3.8, 4) is 11.1 Å². The Morgan fingerprint density at radius 1 is 1.04 bits per heavy atom. The van der Waals surface area contributed by atoms with E-state index in [0.29, 0.717) is 5.69 Å². The van der Waals surface area contributed by atoms with Gasteiger partial charge in [0.2, 0.25) is 0 Å². The van der Waals surface area contributed by atoms with E-state index in [2.05, 4.69) is 10.6 Å². The summed E-state index contributed by atoms with van der Waals surface area (Å²) in [6.45, 7) is 0. The van der Waals surface area contributed by atoms with Crippen molar-refractivity contribution in [1.29, 1.82) is 0 Å². The molecule has 0 spiro atoms. The lowest BCUT2D eigenvalue weighted by molar-refractivity contribution is 0.0988. The van der Waals surface area contributed by atoms with Crippen LogP contribution < -0.4 is 11.5 Å². The van der Waals surface area contributed by atoms with Crippen LogP contribution in [0.5, 0.6) is 0 Å². The zero-order valence-electron chi connectivity index (χ0n) is 14.5. The predicted molar refractivity (Wildman–Crippen MR) is 101 cm³/mol. The molecule has 5 heteroatoms. The molecule has 1 aliphatic rings. The maximum Gasteiger partial charge on any atom is 0.265 e. The molecule has 1 aliphatic carbocycles. The summed E-state index contributed by atoms with van der Waals surface area (Å²) in [7, 11) is 0. The van der Waals surface area contributed by atoms with E-state index in [4.69, 9.17) is 11.5 Å². The lowest BCUT2D eigenvalue weighted by Gasteiger charge is -2.29. The Balaban J connectivity index is 1.86. The molecule has 4 N–H and O–H groups in total. The Bertz CT molecular complexity index is 961. The number of aromatic nitrogens is 1. The number of fused-ring (bicyclic) bond motifs is 1. The highest BCUT2D eigenvalue weighted by atomic mass is 19.1. The van der Waals surface area contributed by atoms with Crippen LogP contribution in [0.2, 0.25) is 0 Å². The average Bonchev–Trinajstić information content (AvgIpc) is 3.01. The molecule has 0 aliphatic heterocycles. The minimum absolute atomic E-state index is 0.146. The van der Waals surface area contributed by atoms with Gasteiger partial charge in [0.1, 0.15) is 11.5 Å². The van der Waals surface area contributed by atoms with Gasteiger partial charge in [0.05, 0.1) is 0 Å². The van der Waals surface area contributed by atoms with Gasteiger partial charge in [-0.2, -0.15) is 0 Å². The molecule has 3 aromatic rings. The van der Waals surface area contributed by atoms with Crippen LogP contribution in [0.25, 0.3) is 22.0 Å². The van der Waals surface area contributed by atoms with Gasteiger partial charge in [-0.25, -0.2) is 4.39 Å². The van der Waals surface area contributed by atoms with Crippen LogP contribution >= 0.6 is 0 Å². The summed E-state index contributed by atoms with van der Waals surface area (Å²) >= 11 is 0. The lowest BCUT2D eigenvalue weighted by Crippen LogP contribution is -2.31. The minimum Gasteiger partial charge on any atom is -0.364 e. The Hall–Kier alpha value is -2.66. The largest absolute Gasteiger partial charge is 0.364 e. The van der Waals surface area contributed by atoms with Gasteiger partial charge in [-0.3, -0.25) is 4.79 Å². The quantitative estimate of drug-likeness (QED) is 0.749. The van der Waals surface area contributed by atoms with Crippen LogP contribution in [0, 0.1) is 5.82 Å². The number of amides is 1. The Morgan fingerprint density at radius 2 is 1.77 bits per heavy atom. The fourth-order valence-electron chi connectivity index (χ4n) is 4.06. The molecule has 4 nitrogen and oxygen atoms in total. The molecule has 1 aromatic heterocycles. The summed E-state index contributed by atoms with van der Waals surface area (Å²) in [5, 5.41) is 0.976. The Kier molecular flexibility index (Phi) is 4.24. The fraction of sp³-hybridized carbons (Fsp3) is 0.286. The Morgan fingerprint density at radius 3 is 2.46 bits per heavy atom. The van der Waals surface area contributed by atoms with Gasteiger partial charge in [-0.05, 0) is 61.1 Å². The highest BCUT2D eigenvalue weighted by Crippen LogP contribution is 2.35. The summed E-state index contributed by atoms with van der Waals surface area (Å²) in [4.78, 5) is 12.0. The standard InChI is InChI=1S/C21H22FN3O/c22-16-8-6-13(7-9-16)14-4-5-15-11-20(21(24)26)25(19(15)10-14)18-3-1-2-17(23)12-18/h4-11,17-18H,1-3,12,23H2,(H2,24,26). The third kappa shape index (κ3) is 2.99. The molecule has 1 heterocycles. The second kappa shape index (κ2) is 6.57. The van der Waals surface area contributed by atoms with Gasteiger partial charge in [0, 0.05) is 23.0 Å². The second-order valence-electron chi connectivity index (χ2n) is 7.12. The maximum absolute atomic E-state index is 13.2. The number of primary amides is 1. The van der Waals surface area contributed by atoms with Crippen LogP contribution in [0.4, 0.5) is 4.39 Å². The molecular weight excluding hydrogens is 329 g/mol. The smallest absolute Gasteiger partial charge is 0.265 e. The van der Waals surface area contributed by atoms with E-state index in [-0.39, 0.29) is 17.9 Å². The summed E-state index contributed by atoms with van der Waals surface area (Å²) in [6.07, 6.45) is 3.88. The first-order chi connectivity index (χ1) is 12.5. The van der Waals surface area contributed by atoms with Crippen LogP contribution in [0.15, 0.2) is 48.5 Å². The average molecular weight is 351 g/mol. The van der Waals surface area contributed by atoms with Crippen molar-refractivity contribution in [2.24, 2.45) is 11.5 Å². The molecule has 26 heavy (non-hydrogen) atoms. The van der Waals surface area contributed by atoms with Gasteiger partial charge < -0.3 is 16.0 Å². The SMILES string of the molecule is NC(=O)c1cc2ccc(-c3ccc(F)cc3)cc2n1C1CCCC(N)C1. The van der Waals surface area contributed by atoms with E-state index < -0.39 is 5.91 Å². The van der Waals surface area contributed by atoms with Crippen molar-refractivity contribution in [2.75, 3.05) is 0 Å². The predicted octanol–water partition coefficient (Wildman–Crippen LogP) is 3.99. The summed E-state index contributed by atoms with van der Waals surface area (Å²) in [5.41, 5.74) is 15.2. The van der Waals surface area contributed by atoms with E-state index >= 15 is 0 Å². The summed E-state index contributed by atoms with van der Waals surface area (Å²) < 4.78 is 15.3. The van der Waals surface area contributed by atoms with Gasteiger partial charge in [-0.1, -0.05) is 24.3 Å². The van der Waals surface area contributed by atoms with Crippen molar-refractivity contribution in [3.63, 3.8) is 0 Å². The second-order valence-corrected chi connectivity index (χ2v) is 7.12. The monoisotopic (exact) mass is 351 g/mol. The molecule has 1 fully saturated rings. The first-order valence-corrected chi connectivity index (χ1v) is 8.99. The van der Waals surface area contributed by atoms with Crippen molar-refractivity contribution in [2.45, 2.75) is 37.8 Å². The minimum atomic E-state index is -0.427. The molecule has 1 saturated carbocycles. The maximum atomic E-state index is 13.2. The number of hydrogen-bond acceptors (Lipinski definition) is 2. The highest BCUT2D eigenvalue weighted by Gasteiger charge is 2.25. The molecule has 2 atom stereocenters. The summed E-state index contributed by atoms with van der Waals surface area (Å²) in [5.74, 6) is -0.686. The fourth-order valence-corrected chi connectivity index (χ4v) is 4.06. The molecule has 2 unspecified atom stereocenters. The first kappa shape index (κ1) is 16.8. The zero-order chi connectivity index (χ0) is 18.3. The number of hydrogen-bond donors (Lipinski definition) is 2. The van der Waals surface area contributed by atoms with Crippen LogP contribution in [-0.4, -0.2) is 16.5 Å². The lowest BCUT2D eigenvalue weighted by atomic mass is 9.91. The van der Waals surface area contributed by atoms with Crippen molar-refractivity contribution in [1.82, 2.24) is 4.57 Å².